The first-order valence-corrected chi connectivity index (χ1v) is 7.35. The average Bonchev–Trinajstić information content (AvgIpc) is 2.44. The number of carbonyl (C=O) groups excluding carboxylic acids is 2. The molecule has 0 aromatic heterocycles. The van der Waals surface area contributed by atoms with Crippen molar-refractivity contribution in [2.75, 3.05) is 20.1 Å². The number of hydrogen-bond acceptors (Lipinski definition) is 3. The lowest BCUT2D eigenvalue weighted by atomic mass is 10.1. The minimum Gasteiger partial charge on any atom is -0.338 e. The highest BCUT2D eigenvalue weighted by atomic mass is 35.5. The fourth-order valence-electron chi connectivity index (χ4n) is 1.81. The maximum absolute atomic E-state index is 11.8. The fourth-order valence-corrected chi connectivity index (χ4v) is 1.93. The molecule has 0 saturated carbocycles. The molecule has 0 aliphatic rings. The van der Waals surface area contributed by atoms with Crippen molar-refractivity contribution in [3.05, 3.63) is 34.9 Å². The normalized spacial score (nSPS) is 12.0. The molecule has 0 spiro atoms. The van der Waals surface area contributed by atoms with Crippen molar-refractivity contribution in [2.24, 2.45) is 0 Å². The molecule has 21 heavy (non-hydrogen) atoms. The van der Waals surface area contributed by atoms with Gasteiger partial charge in [-0.1, -0.05) is 30.7 Å². The summed E-state index contributed by atoms with van der Waals surface area (Å²) in [5, 5.41) is 5.59. The second-order valence-corrected chi connectivity index (χ2v) is 5.38. The van der Waals surface area contributed by atoms with E-state index >= 15 is 0 Å². The molecule has 0 aliphatic carbocycles. The smallest absolute Gasteiger partial charge is 0.321 e. The Labute approximate surface area is 130 Å². The van der Waals surface area contributed by atoms with Gasteiger partial charge in [0.25, 0.3) is 0 Å². The predicted molar refractivity (Wildman–Crippen MR) is 84.3 cm³/mol. The molecule has 0 fully saturated rings. The van der Waals surface area contributed by atoms with E-state index in [1.807, 2.05) is 50.1 Å². The zero-order chi connectivity index (χ0) is 15.8. The van der Waals surface area contributed by atoms with Crippen LogP contribution in [0.3, 0.4) is 0 Å². The van der Waals surface area contributed by atoms with Gasteiger partial charge in [-0.15, -0.1) is 0 Å². The van der Waals surface area contributed by atoms with E-state index in [0.29, 0.717) is 11.6 Å². The van der Waals surface area contributed by atoms with E-state index in [0.717, 1.165) is 12.0 Å². The number of halogens is 1. The summed E-state index contributed by atoms with van der Waals surface area (Å²) in [6.07, 6.45) is 0.828. The Bertz CT molecular complexity index is 476. The number of imide groups is 1. The molecule has 1 unspecified atom stereocenters. The van der Waals surface area contributed by atoms with Crippen molar-refractivity contribution in [2.45, 2.75) is 26.3 Å². The van der Waals surface area contributed by atoms with Crippen molar-refractivity contribution in [1.29, 1.82) is 0 Å². The Morgan fingerprint density at radius 1 is 1.29 bits per heavy atom. The van der Waals surface area contributed by atoms with E-state index in [1.54, 1.807) is 0 Å². The summed E-state index contributed by atoms with van der Waals surface area (Å²) in [6, 6.07) is 7.09. The Morgan fingerprint density at radius 3 is 2.48 bits per heavy atom. The van der Waals surface area contributed by atoms with Crippen molar-refractivity contribution in [3.63, 3.8) is 0 Å². The molecule has 1 aromatic carbocycles. The highest BCUT2D eigenvalue weighted by Crippen LogP contribution is 2.20. The van der Waals surface area contributed by atoms with Crippen LogP contribution in [0.4, 0.5) is 4.79 Å². The number of benzene rings is 1. The first kappa shape index (κ1) is 17.5. The van der Waals surface area contributed by atoms with Crippen molar-refractivity contribution in [3.8, 4) is 0 Å². The third kappa shape index (κ3) is 6.14. The number of nitrogens with one attached hydrogen (secondary N) is 2. The van der Waals surface area contributed by atoms with E-state index in [4.69, 9.17) is 11.6 Å². The molecule has 1 rings (SSSR count). The molecular weight excluding hydrogens is 290 g/mol. The average molecular weight is 312 g/mol. The van der Waals surface area contributed by atoms with Crippen LogP contribution < -0.4 is 10.6 Å². The van der Waals surface area contributed by atoms with Crippen LogP contribution in [0.2, 0.25) is 5.02 Å². The summed E-state index contributed by atoms with van der Waals surface area (Å²) in [7, 11) is 1.84. The molecule has 1 aromatic rings. The molecule has 0 radical (unpaired) electrons. The van der Waals surface area contributed by atoms with E-state index < -0.39 is 6.03 Å². The molecule has 1 atom stereocenters. The SMILES string of the molecule is CCCNC(=O)NC(=O)CN(C)C(C)c1ccc(Cl)cc1. The second-order valence-electron chi connectivity index (χ2n) is 4.95. The minimum absolute atomic E-state index is 0.0479. The van der Waals surface area contributed by atoms with E-state index in [2.05, 4.69) is 10.6 Å². The molecule has 6 heteroatoms. The van der Waals surface area contributed by atoms with E-state index in [1.165, 1.54) is 0 Å². The number of hydrogen-bond donors (Lipinski definition) is 2. The lowest BCUT2D eigenvalue weighted by Crippen LogP contribution is -2.44. The number of amides is 3. The summed E-state index contributed by atoms with van der Waals surface area (Å²) < 4.78 is 0. The molecule has 0 heterocycles. The number of urea groups is 1. The maximum atomic E-state index is 11.8. The van der Waals surface area contributed by atoms with Gasteiger partial charge in [-0.05, 0) is 38.1 Å². The zero-order valence-electron chi connectivity index (χ0n) is 12.6. The molecule has 2 N–H and O–H groups in total. The first-order valence-electron chi connectivity index (χ1n) is 6.97. The molecule has 0 saturated heterocycles. The number of rotatable bonds is 6. The highest BCUT2D eigenvalue weighted by Gasteiger charge is 2.16. The van der Waals surface area contributed by atoms with Gasteiger partial charge in [-0.25, -0.2) is 4.79 Å². The standard InChI is InChI=1S/C15H22ClN3O2/c1-4-9-17-15(21)18-14(20)10-19(3)11(2)12-5-7-13(16)8-6-12/h5-8,11H,4,9-10H2,1-3H3,(H2,17,18,20,21). The Hall–Kier alpha value is -1.59. The van der Waals surface area contributed by atoms with Gasteiger partial charge in [-0.2, -0.15) is 0 Å². The number of likely N-dealkylation sites (N-methyl/N-ethyl adjacent to an activating group) is 1. The quantitative estimate of drug-likeness (QED) is 0.849. The lowest BCUT2D eigenvalue weighted by molar-refractivity contribution is -0.121. The third-order valence-corrected chi connectivity index (χ3v) is 3.45. The van der Waals surface area contributed by atoms with Gasteiger partial charge in [0, 0.05) is 17.6 Å². The van der Waals surface area contributed by atoms with Crippen LogP contribution in [0, 0.1) is 0 Å². The number of nitrogens with zero attached hydrogens (tertiary/aromatic N) is 1. The van der Waals surface area contributed by atoms with Crippen LogP contribution in [0.1, 0.15) is 31.9 Å². The van der Waals surface area contributed by atoms with Gasteiger partial charge in [0.1, 0.15) is 0 Å². The molecular formula is C15H22ClN3O2. The predicted octanol–water partition coefficient (Wildman–Crippen LogP) is 2.57. The van der Waals surface area contributed by atoms with Crippen LogP contribution in [0.5, 0.6) is 0 Å². The van der Waals surface area contributed by atoms with E-state index in [-0.39, 0.29) is 18.5 Å². The summed E-state index contributed by atoms with van der Waals surface area (Å²) in [6.45, 7) is 4.64. The summed E-state index contributed by atoms with van der Waals surface area (Å²) in [4.78, 5) is 25.0. The number of carbonyl (C=O) groups is 2. The van der Waals surface area contributed by atoms with Crippen LogP contribution in [-0.2, 0) is 4.79 Å². The van der Waals surface area contributed by atoms with Crippen LogP contribution in [0.25, 0.3) is 0 Å². The van der Waals surface area contributed by atoms with Gasteiger partial charge in [-0.3, -0.25) is 15.0 Å². The van der Waals surface area contributed by atoms with Crippen LogP contribution in [0.15, 0.2) is 24.3 Å². The van der Waals surface area contributed by atoms with Crippen LogP contribution in [-0.4, -0.2) is 37.0 Å². The molecule has 0 aliphatic heterocycles. The molecule has 0 bridgehead atoms. The Balaban J connectivity index is 2.48. The zero-order valence-corrected chi connectivity index (χ0v) is 13.4. The maximum Gasteiger partial charge on any atom is 0.321 e. The Kier molecular flexibility index (Phi) is 7.19. The minimum atomic E-state index is -0.450. The van der Waals surface area contributed by atoms with Gasteiger partial charge in [0.15, 0.2) is 0 Å². The molecule has 116 valence electrons. The summed E-state index contributed by atoms with van der Waals surface area (Å²) >= 11 is 5.86. The largest absolute Gasteiger partial charge is 0.338 e. The Morgan fingerprint density at radius 2 is 1.90 bits per heavy atom. The van der Waals surface area contributed by atoms with Gasteiger partial charge in [0.2, 0.25) is 5.91 Å². The van der Waals surface area contributed by atoms with Crippen LogP contribution >= 0.6 is 11.6 Å². The lowest BCUT2D eigenvalue weighted by Gasteiger charge is -2.24. The van der Waals surface area contributed by atoms with Crippen molar-refractivity contribution < 1.29 is 9.59 Å². The topological polar surface area (TPSA) is 61.4 Å². The first-order chi connectivity index (χ1) is 9.93. The van der Waals surface area contributed by atoms with Crippen molar-refractivity contribution in [1.82, 2.24) is 15.5 Å². The summed E-state index contributed by atoms with van der Waals surface area (Å²) in [5.41, 5.74) is 1.06. The second kappa shape index (κ2) is 8.64. The molecule has 3 amide bonds. The monoisotopic (exact) mass is 311 g/mol. The molecule has 5 nitrogen and oxygen atoms in total. The summed E-state index contributed by atoms with van der Waals surface area (Å²) in [5.74, 6) is -0.327. The van der Waals surface area contributed by atoms with Gasteiger partial charge >= 0.3 is 6.03 Å². The van der Waals surface area contributed by atoms with E-state index in [9.17, 15) is 9.59 Å². The van der Waals surface area contributed by atoms with Gasteiger partial charge < -0.3 is 5.32 Å². The van der Waals surface area contributed by atoms with Gasteiger partial charge in [0.05, 0.1) is 6.54 Å². The highest BCUT2D eigenvalue weighted by molar-refractivity contribution is 6.30. The fraction of sp³-hybridized carbons (Fsp3) is 0.467. The third-order valence-electron chi connectivity index (χ3n) is 3.20. The van der Waals surface area contributed by atoms with Crippen molar-refractivity contribution >= 4 is 23.5 Å².